The minimum atomic E-state index is -0.352. The molecule has 0 spiro atoms. The molecule has 0 heterocycles. The first-order chi connectivity index (χ1) is 11.5. The molecule has 0 aliphatic rings. The van der Waals surface area contributed by atoms with Crippen molar-refractivity contribution in [1.29, 1.82) is 0 Å². The van der Waals surface area contributed by atoms with Crippen molar-refractivity contribution in [3.05, 3.63) is 35.4 Å². The maximum absolute atomic E-state index is 12.1. The van der Waals surface area contributed by atoms with Gasteiger partial charge in [0.15, 0.2) is 0 Å². The predicted molar refractivity (Wildman–Crippen MR) is 95.2 cm³/mol. The van der Waals surface area contributed by atoms with Gasteiger partial charge in [-0.3, -0.25) is 0 Å². The van der Waals surface area contributed by atoms with Gasteiger partial charge in [-0.2, -0.15) is 0 Å². The van der Waals surface area contributed by atoms with Gasteiger partial charge in [0.1, 0.15) is 0 Å². The first kappa shape index (κ1) is 20.2. The number of carbonyl (C=O) groups excluding carboxylic acids is 2. The van der Waals surface area contributed by atoms with E-state index in [0.717, 1.165) is 38.5 Å². The monoisotopic (exact) mass is 334 g/mol. The number of ether oxygens (including phenoxy) is 2. The van der Waals surface area contributed by atoms with Crippen LogP contribution in [-0.4, -0.2) is 24.1 Å². The van der Waals surface area contributed by atoms with Gasteiger partial charge in [-0.25, -0.2) is 9.59 Å². The zero-order valence-electron chi connectivity index (χ0n) is 15.3. The topological polar surface area (TPSA) is 52.6 Å². The summed E-state index contributed by atoms with van der Waals surface area (Å²) in [7, 11) is 0. The van der Waals surface area contributed by atoms with Crippen LogP contribution in [0, 0.1) is 0 Å². The Morgan fingerprint density at radius 1 is 0.792 bits per heavy atom. The van der Waals surface area contributed by atoms with Gasteiger partial charge in [-0.15, -0.1) is 0 Å². The van der Waals surface area contributed by atoms with Crippen LogP contribution in [0.25, 0.3) is 0 Å². The third-order valence-corrected chi connectivity index (χ3v) is 3.90. The van der Waals surface area contributed by atoms with Crippen LogP contribution in [0.2, 0.25) is 0 Å². The standard InChI is InChI=1S/C20H30O4/c1-5-7-9-15(3)23-19(21)17-11-13-18(14-12-17)20(22)24-16(4)10-8-6-2/h11-16H,5-10H2,1-4H3/t15-,16-/m1/s1. The molecule has 0 bridgehead atoms. The summed E-state index contributed by atoms with van der Waals surface area (Å²) in [6.45, 7) is 8.01. The number of esters is 2. The lowest BCUT2D eigenvalue weighted by atomic mass is 10.1. The van der Waals surface area contributed by atoms with Crippen molar-refractivity contribution in [2.24, 2.45) is 0 Å². The molecule has 1 aromatic rings. The molecular formula is C20H30O4. The van der Waals surface area contributed by atoms with Gasteiger partial charge in [0.25, 0.3) is 0 Å². The molecule has 0 radical (unpaired) electrons. The molecule has 0 aromatic heterocycles. The number of unbranched alkanes of at least 4 members (excludes halogenated alkanes) is 2. The summed E-state index contributed by atoms with van der Waals surface area (Å²) in [6, 6.07) is 6.45. The Morgan fingerprint density at radius 2 is 1.12 bits per heavy atom. The fourth-order valence-electron chi connectivity index (χ4n) is 2.34. The lowest BCUT2D eigenvalue weighted by molar-refractivity contribution is 0.0305. The Hall–Kier alpha value is -1.84. The highest BCUT2D eigenvalue weighted by Crippen LogP contribution is 2.13. The molecule has 1 rings (SSSR count). The second kappa shape index (κ2) is 10.8. The number of carbonyl (C=O) groups is 2. The van der Waals surface area contributed by atoms with Gasteiger partial charge in [-0.05, 0) is 51.0 Å². The number of benzene rings is 1. The van der Waals surface area contributed by atoms with Crippen LogP contribution in [0.3, 0.4) is 0 Å². The molecular weight excluding hydrogens is 304 g/mol. The number of hydrogen-bond donors (Lipinski definition) is 0. The molecule has 0 unspecified atom stereocenters. The van der Waals surface area contributed by atoms with E-state index in [2.05, 4.69) is 13.8 Å². The van der Waals surface area contributed by atoms with Crippen molar-refractivity contribution in [2.75, 3.05) is 0 Å². The minimum Gasteiger partial charge on any atom is -0.459 e. The summed E-state index contributed by atoms with van der Waals surface area (Å²) in [6.07, 6.45) is 5.77. The molecule has 0 saturated heterocycles. The van der Waals surface area contributed by atoms with E-state index in [-0.39, 0.29) is 24.1 Å². The highest BCUT2D eigenvalue weighted by molar-refractivity contribution is 5.93. The van der Waals surface area contributed by atoms with Crippen LogP contribution in [0.4, 0.5) is 0 Å². The van der Waals surface area contributed by atoms with E-state index in [1.54, 1.807) is 24.3 Å². The highest BCUT2D eigenvalue weighted by Gasteiger charge is 2.15. The second-order valence-corrected chi connectivity index (χ2v) is 6.29. The van der Waals surface area contributed by atoms with Crippen LogP contribution in [-0.2, 0) is 9.47 Å². The quantitative estimate of drug-likeness (QED) is 0.555. The van der Waals surface area contributed by atoms with Gasteiger partial charge in [0, 0.05) is 0 Å². The van der Waals surface area contributed by atoms with E-state index < -0.39 is 0 Å². The van der Waals surface area contributed by atoms with Gasteiger partial charge >= 0.3 is 11.9 Å². The molecule has 0 fully saturated rings. The minimum absolute atomic E-state index is 0.0958. The van der Waals surface area contributed by atoms with Crippen molar-refractivity contribution in [1.82, 2.24) is 0 Å². The summed E-state index contributed by atoms with van der Waals surface area (Å²) in [4.78, 5) is 24.1. The van der Waals surface area contributed by atoms with Crippen LogP contribution in [0.1, 0.15) is 86.9 Å². The molecule has 0 N–H and O–H groups in total. The van der Waals surface area contributed by atoms with Gasteiger partial charge in [-0.1, -0.05) is 39.5 Å². The molecule has 2 atom stereocenters. The smallest absolute Gasteiger partial charge is 0.338 e. The van der Waals surface area contributed by atoms with Gasteiger partial charge < -0.3 is 9.47 Å². The molecule has 4 heteroatoms. The number of hydrogen-bond acceptors (Lipinski definition) is 4. The van der Waals surface area contributed by atoms with Crippen molar-refractivity contribution in [3.8, 4) is 0 Å². The summed E-state index contributed by atoms with van der Waals surface area (Å²) in [5.74, 6) is -0.704. The molecule has 134 valence electrons. The molecule has 0 amide bonds. The zero-order chi connectivity index (χ0) is 17.9. The SMILES string of the molecule is CCCC[C@@H](C)OC(=O)c1ccc(C(=O)O[C@H](C)CCCC)cc1. The average molecular weight is 334 g/mol. The molecule has 4 nitrogen and oxygen atoms in total. The Bertz CT molecular complexity index is 460. The molecule has 0 saturated carbocycles. The lowest BCUT2D eigenvalue weighted by Gasteiger charge is -2.14. The van der Waals surface area contributed by atoms with E-state index in [0.29, 0.717) is 11.1 Å². The largest absolute Gasteiger partial charge is 0.459 e. The summed E-state index contributed by atoms with van der Waals surface area (Å²) in [5, 5.41) is 0. The predicted octanol–water partition coefficient (Wildman–Crippen LogP) is 5.16. The Labute approximate surface area is 145 Å². The van der Waals surface area contributed by atoms with Gasteiger partial charge in [0.05, 0.1) is 23.3 Å². The average Bonchev–Trinajstić information content (AvgIpc) is 2.58. The van der Waals surface area contributed by atoms with E-state index in [1.165, 1.54) is 0 Å². The van der Waals surface area contributed by atoms with Gasteiger partial charge in [0.2, 0.25) is 0 Å². The Kier molecular flexibility index (Phi) is 9.13. The highest BCUT2D eigenvalue weighted by atomic mass is 16.5. The first-order valence-electron chi connectivity index (χ1n) is 8.99. The first-order valence-corrected chi connectivity index (χ1v) is 8.99. The second-order valence-electron chi connectivity index (χ2n) is 6.29. The van der Waals surface area contributed by atoms with E-state index in [1.807, 2.05) is 13.8 Å². The van der Waals surface area contributed by atoms with Crippen molar-refractivity contribution in [3.63, 3.8) is 0 Å². The van der Waals surface area contributed by atoms with E-state index >= 15 is 0 Å². The third kappa shape index (κ3) is 7.16. The molecule has 0 aliphatic heterocycles. The van der Waals surface area contributed by atoms with Crippen molar-refractivity contribution < 1.29 is 19.1 Å². The van der Waals surface area contributed by atoms with E-state index in [9.17, 15) is 9.59 Å². The maximum atomic E-state index is 12.1. The maximum Gasteiger partial charge on any atom is 0.338 e. The normalized spacial score (nSPS) is 13.2. The zero-order valence-corrected chi connectivity index (χ0v) is 15.3. The Morgan fingerprint density at radius 3 is 1.42 bits per heavy atom. The van der Waals surface area contributed by atoms with Crippen LogP contribution >= 0.6 is 0 Å². The fraction of sp³-hybridized carbons (Fsp3) is 0.600. The summed E-state index contributed by atoms with van der Waals surface area (Å²) < 4.78 is 10.8. The molecule has 0 aliphatic carbocycles. The third-order valence-electron chi connectivity index (χ3n) is 3.90. The van der Waals surface area contributed by atoms with Crippen LogP contribution < -0.4 is 0 Å². The van der Waals surface area contributed by atoms with Crippen LogP contribution in [0.15, 0.2) is 24.3 Å². The number of rotatable bonds is 10. The lowest BCUT2D eigenvalue weighted by Crippen LogP contribution is -2.16. The van der Waals surface area contributed by atoms with Crippen molar-refractivity contribution in [2.45, 2.75) is 78.4 Å². The summed E-state index contributed by atoms with van der Waals surface area (Å²) in [5.41, 5.74) is 0.905. The Balaban J connectivity index is 2.55. The summed E-state index contributed by atoms with van der Waals surface area (Å²) >= 11 is 0. The fourth-order valence-corrected chi connectivity index (χ4v) is 2.34. The van der Waals surface area contributed by atoms with Crippen LogP contribution in [0.5, 0.6) is 0 Å². The molecule has 24 heavy (non-hydrogen) atoms. The molecule has 1 aromatic carbocycles. The van der Waals surface area contributed by atoms with Crippen molar-refractivity contribution >= 4 is 11.9 Å². The van der Waals surface area contributed by atoms with E-state index in [4.69, 9.17) is 9.47 Å².